The first-order valence-electron chi connectivity index (χ1n) is 6.16. The number of aromatic nitrogens is 2. The van der Waals surface area contributed by atoms with Crippen LogP contribution >= 0.6 is 11.6 Å². The summed E-state index contributed by atoms with van der Waals surface area (Å²) in [6.07, 6.45) is -2.63. The normalized spacial score (nSPS) is 24.6. The lowest BCUT2D eigenvalue weighted by Gasteiger charge is -2.37. The van der Waals surface area contributed by atoms with Crippen molar-refractivity contribution in [2.45, 2.75) is 38.9 Å². The summed E-state index contributed by atoms with van der Waals surface area (Å²) in [7, 11) is 0. The fourth-order valence-electron chi connectivity index (χ4n) is 2.45. The Labute approximate surface area is 114 Å². The SMILES string of the molecule is CC1CCN(c2cc(C(F)(F)F)nc(Cl)n2)C(C)C1. The zero-order valence-electron chi connectivity index (χ0n) is 10.7. The van der Waals surface area contributed by atoms with E-state index in [2.05, 4.69) is 16.9 Å². The minimum absolute atomic E-state index is 0.149. The number of halogens is 4. The lowest BCUT2D eigenvalue weighted by atomic mass is 9.93. The molecule has 0 amide bonds. The van der Waals surface area contributed by atoms with Gasteiger partial charge in [0.05, 0.1) is 0 Å². The second-order valence-corrected chi connectivity index (χ2v) is 5.39. The van der Waals surface area contributed by atoms with Crippen LogP contribution in [0.25, 0.3) is 0 Å². The van der Waals surface area contributed by atoms with Gasteiger partial charge < -0.3 is 4.90 Å². The van der Waals surface area contributed by atoms with E-state index in [-0.39, 0.29) is 17.1 Å². The first-order chi connectivity index (χ1) is 8.77. The van der Waals surface area contributed by atoms with E-state index in [1.807, 2.05) is 11.8 Å². The van der Waals surface area contributed by atoms with Gasteiger partial charge in [0.1, 0.15) is 5.82 Å². The first-order valence-corrected chi connectivity index (χ1v) is 6.53. The number of nitrogens with zero attached hydrogens (tertiary/aromatic N) is 3. The molecule has 0 spiro atoms. The highest BCUT2D eigenvalue weighted by Gasteiger charge is 2.35. The minimum Gasteiger partial charge on any atom is -0.354 e. The van der Waals surface area contributed by atoms with Crippen LogP contribution in [0, 0.1) is 5.92 Å². The quantitative estimate of drug-likeness (QED) is 0.738. The van der Waals surface area contributed by atoms with Crippen molar-refractivity contribution in [3.63, 3.8) is 0 Å². The summed E-state index contributed by atoms with van der Waals surface area (Å²) in [5.74, 6) is 0.831. The van der Waals surface area contributed by atoms with Crippen LogP contribution in [0.5, 0.6) is 0 Å². The number of hydrogen-bond donors (Lipinski definition) is 0. The Morgan fingerprint density at radius 1 is 1.32 bits per heavy atom. The topological polar surface area (TPSA) is 29.0 Å². The van der Waals surface area contributed by atoms with E-state index in [0.29, 0.717) is 12.5 Å². The third-order valence-electron chi connectivity index (χ3n) is 3.41. The molecular weight excluding hydrogens is 279 g/mol. The molecule has 0 N–H and O–H groups in total. The van der Waals surface area contributed by atoms with Crippen molar-refractivity contribution >= 4 is 17.4 Å². The molecule has 0 bridgehead atoms. The summed E-state index contributed by atoms with van der Waals surface area (Å²) in [5, 5.41) is -0.365. The number of alkyl halides is 3. The maximum Gasteiger partial charge on any atom is 0.433 e. The lowest BCUT2D eigenvalue weighted by molar-refractivity contribution is -0.141. The molecule has 0 aromatic carbocycles. The Kier molecular flexibility index (Phi) is 3.90. The van der Waals surface area contributed by atoms with E-state index in [0.717, 1.165) is 18.9 Å². The smallest absolute Gasteiger partial charge is 0.354 e. The molecule has 1 aliphatic heterocycles. The number of piperidine rings is 1. The molecule has 1 aliphatic rings. The molecule has 2 atom stereocenters. The van der Waals surface area contributed by atoms with Crippen LogP contribution in [0.4, 0.5) is 19.0 Å². The maximum absolute atomic E-state index is 12.7. The number of anilines is 1. The largest absolute Gasteiger partial charge is 0.433 e. The highest BCUT2D eigenvalue weighted by Crippen LogP contribution is 2.33. The monoisotopic (exact) mass is 293 g/mol. The van der Waals surface area contributed by atoms with E-state index < -0.39 is 11.9 Å². The van der Waals surface area contributed by atoms with Gasteiger partial charge in [-0.2, -0.15) is 13.2 Å². The molecule has 0 aliphatic carbocycles. The van der Waals surface area contributed by atoms with E-state index in [4.69, 9.17) is 11.6 Å². The molecule has 106 valence electrons. The van der Waals surface area contributed by atoms with E-state index in [1.165, 1.54) is 0 Å². The Balaban J connectivity index is 2.32. The van der Waals surface area contributed by atoms with Gasteiger partial charge in [-0.3, -0.25) is 0 Å². The maximum atomic E-state index is 12.7. The second kappa shape index (κ2) is 5.15. The third kappa shape index (κ3) is 3.29. The van der Waals surface area contributed by atoms with Crippen molar-refractivity contribution in [2.24, 2.45) is 5.92 Å². The van der Waals surface area contributed by atoms with Gasteiger partial charge >= 0.3 is 6.18 Å². The fraction of sp³-hybridized carbons (Fsp3) is 0.667. The molecule has 2 rings (SSSR count). The average molecular weight is 294 g/mol. The van der Waals surface area contributed by atoms with Crippen molar-refractivity contribution in [3.8, 4) is 0 Å². The van der Waals surface area contributed by atoms with E-state index in [1.54, 1.807) is 0 Å². The van der Waals surface area contributed by atoms with Crippen molar-refractivity contribution in [3.05, 3.63) is 17.0 Å². The summed E-state index contributed by atoms with van der Waals surface area (Å²) in [4.78, 5) is 9.03. The van der Waals surface area contributed by atoms with E-state index in [9.17, 15) is 13.2 Å². The minimum atomic E-state index is -4.51. The molecular formula is C12H15ClF3N3. The summed E-state index contributed by atoms with van der Waals surface area (Å²) >= 11 is 5.60. The number of rotatable bonds is 1. The molecule has 7 heteroatoms. The molecule has 19 heavy (non-hydrogen) atoms. The van der Waals surface area contributed by atoms with Crippen LogP contribution in [-0.2, 0) is 6.18 Å². The third-order valence-corrected chi connectivity index (χ3v) is 3.58. The standard InChI is InChI=1S/C12H15ClF3N3/c1-7-3-4-19(8(2)5-7)10-6-9(12(14,15)16)17-11(13)18-10/h6-8H,3-5H2,1-2H3. The van der Waals surface area contributed by atoms with Gasteiger partial charge in [-0.15, -0.1) is 0 Å². The van der Waals surface area contributed by atoms with Gasteiger partial charge in [-0.25, -0.2) is 9.97 Å². The molecule has 3 nitrogen and oxygen atoms in total. The van der Waals surface area contributed by atoms with Gasteiger partial charge in [-0.1, -0.05) is 6.92 Å². The molecule has 0 saturated carbocycles. The van der Waals surface area contributed by atoms with Crippen molar-refractivity contribution in [1.82, 2.24) is 9.97 Å². The molecule has 1 aromatic rings. The van der Waals surface area contributed by atoms with Crippen molar-refractivity contribution in [1.29, 1.82) is 0 Å². The summed E-state index contributed by atoms with van der Waals surface area (Å²) in [6.45, 7) is 4.81. The van der Waals surface area contributed by atoms with Crippen molar-refractivity contribution in [2.75, 3.05) is 11.4 Å². The Hall–Kier alpha value is -1.04. The number of hydrogen-bond acceptors (Lipinski definition) is 3. The zero-order valence-corrected chi connectivity index (χ0v) is 11.5. The highest BCUT2D eigenvalue weighted by atomic mass is 35.5. The average Bonchev–Trinajstić information content (AvgIpc) is 2.26. The van der Waals surface area contributed by atoms with Crippen LogP contribution < -0.4 is 4.90 Å². The Morgan fingerprint density at radius 2 is 2.00 bits per heavy atom. The van der Waals surface area contributed by atoms with Crippen LogP contribution in [0.15, 0.2) is 6.07 Å². The van der Waals surface area contributed by atoms with Crippen LogP contribution in [0.1, 0.15) is 32.4 Å². The summed E-state index contributed by atoms with van der Waals surface area (Å²) in [5.41, 5.74) is -0.992. The molecule has 1 saturated heterocycles. The first kappa shape index (κ1) is 14.4. The van der Waals surface area contributed by atoms with Gasteiger partial charge in [0.25, 0.3) is 0 Å². The second-order valence-electron chi connectivity index (χ2n) is 5.05. The van der Waals surface area contributed by atoms with Crippen LogP contribution in [0.3, 0.4) is 0 Å². The van der Waals surface area contributed by atoms with Gasteiger partial charge in [0.2, 0.25) is 5.28 Å². The van der Waals surface area contributed by atoms with Gasteiger partial charge in [-0.05, 0) is 37.3 Å². The van der Waals surface area contributed by atoms with Gasteiger partial charge in [0.15, 0.2) is 5.69 Å². The molecule has 2 unspecified atom stereocenters. The summed E-state index contributed by atoms with van der Waals surface area (Å²) in [6, 6.07) is 1.12. The van der Waals surface area contributed by atoms with Crippen LogP contribution in [0.2, 0.25) is 5.28 Å². The van der Waals surface area contributed by atoms with Crippen molar-refractivity contribution < 1.29 is 13.2 Å². The lowest BCUT2D eigenvalue weighted by Crippen LogP contribution is -2.41. The molecule has 1 fully saturated rings. The van der Waals surface area contributed by atoms with E-state index >= 15 is 0 Å². The molecule has 0 radical (unpaired) electrons. The zero-order chi connectivity index (χ0) is 14.2. The Bertz CT molecular complexity index is 464. The summed E-state index contributed by atoms with van der Waals surface area (Å²) < 4.78 is 38.1. The molecule has 1 aromatic heterocycles. The predicted octanol–water partition coefficient (Wildman–Crippen LogP) is 3.77. The van der Waals surface area contributed by atoms with Gasteiger partial charge in [0, 0.05) is 18.7 Å². The predicted molar refractivity (Wildman–Crippen MR) is 67.3 cm³/mol. The molecule has 2 heterocycles. The highest BCUT2D eigenvalue weighted by molar-refractivity contribution is 6.28. The Morgan fingerprint density at radius 3 is 2.58 bits per heavy atom. The fourth-order valence-corrected chi connectivity index (χ4v) is 2.62. The van der Waals surface area contributed by atoms with Crippen LogP contribution in [-0.4, -0.2) is 22.6 Å².